The van der Waals surface area contributed by atoms with Gasteiger partial charge in [0, 0.05) is 17.6 Å². The first kappa shape index (κ1) is 20.1. The van der Waals surface area contributed by atoms with E-state index in [4.69, 9.17) is 14.6 Å². The van der Waals surface area contributed by atoms with Gasteiger partial charge in [0.15, 0.2) is 0 Å². The molecule has 0 radical (unpaired) electrons. The van der Waals surface area contributed by atoms with E-state index < -0.39 is 36.2 Å². The van der Waals surface area contributed by atoms with Gasteiger partial charge in [0.05, 0.1) is 18.6 Å². The number of aliphatic hydroxyl groups is 2. The lowest BCUT2D eigenvalue weighted by molar-refractivity contribution is -0.147. The van der Waals surface area contributed by atoms with Crippen LogP contribution < -0.4 is 0 Å². The highest BCUT2D eigenvalue weighted by Crippen LogP contribution is 2.36. The highest BCUT2D eigenvalue weighted by atomic mass is 16.6. The Kier molecular flexibility index (Phi) is 6.56. The molecule has 1 aliphatic carbocycles. The highest BCUT2D eigenvalue weighted by molar-refractivity contribution is 5.92. The van der Waals surface area contributed by atoms with Crippen LogP contribution >= 0.6 is 0 Å². The van der Waals surface area contributed by atoms with Gasteiger partial charge < -0.3 is 19.7 Å². The standard InChI is InChI=1S/C20H26O6/c1-11-5-6-15(22)13(3)10-17-18(14(4)20(24)26-17)16(9-11)25-19(23)12(2)7-8-21/h5,7,10,15-18,21-22H,4,6,8-9H2,1-3H3/b11-5-,12-7+,13-10+/t15-,16-,17+,18+/m0/s1. The third-order valence-corrected chi connectivity index (χ3v) is 4.81. The molecule has 142 valence electrons. The predicted octanol–water partition coefficient (Wildman–Crippen LogP) is 1.98. The Bertz CT molecular complexity index is 684. The second-order valence-electron chi connectivity index (χ2n) is 6.85. The zero-order chi connectivity index (χ0) is 19.4. The summed E-state index contributed by atoms with van der Waals surface area (Å²) in [6, 6.07) is 0. The van der Waals surface area contributed by atoms with E-state index in [1.54, 1.807) is 19.9 Å². The average Bonchev–Trinajstić information content (AvgIpc) is 2.85. The van der Waals surface area contributed by atoms with E-state index in [0.717, 1.165) is 5.57 Å². The molecule has 0 aromatic carbocycles. The average molecular weight is 362 g/mol. The van der Waals surface area contributed by atoms with E-state index >= 15 is 0 Å². The molecule has 1 fully saturated rings. The lowest BCUT2D eigenvalue weighted by atomic mass is 9.85. The fourth-order valence-corrected chi connectivity index (χ4v) is 3.14. The molecule has 0 amide bonds. The maximum Gasteiger partial charge on any atom is 0.334 e. The molecule has 0 spiro atoms. The molecule has 4 atom stereocenters. The maximum absolute atomic E-state index is 12.3. The van der Waals surface area contributed by atoms with Gasteiger partial charge in [-0.3, -0.25) is 0 Å². The summed E-state index contributed by atoms with van der Waals surface area (Å²) in [5.41, 5.74) is 2.17. The molecule has 0 unspecified atom stereocenters. The van der Waals surface area contributed by atoms with Crippen LogP contribution in [0.15, 0.2) is 47.1 Å². The van der Waals surface area contributed by atoms with Crippen molar-refractivity contribution in [1.82, 2.24) is 0 Å². The number of hydrogen-bond acceptors (Lipinski definition) is 6. The van der Waals surface area contributed by atoms with Crippen LogP contribution in [0.5, 0.6) is 0 Å². The van der Waals surface area contributed by atoms with Crippen LogP contribution in [0, 0.1) is 5.92 Å². The van der Waals surface area contributed by atoms with Gasteiger partial charge in [-0.25, -0.2) is 9.59 Å². The minimum absolute atomic E-state index is 0.253. The van der Waals surface area contributed by atoms with Gasteiger partial charge in [-0.1, -0.05) is 18.2 Å². The van der Waals surface area contributed by atoms with E-state index in [-0.39, 0.29) is 12.2 Å². The summed E-state index contributed by atoms with van der Waals surface area (Å²) in [6.45, 7) is 8.79. The summed E-state index contributed by atoms with van der Waals surface area (Å²) in [5.74, 6) is -1.61. The van der Waals surface area contributed by atoms with Gasteiger partial charge in [0.1, 0.15) is 12.2 Å². The minimum Gasteiger partial charge on any atom is -0.458 e. The Morgan fingerprint density at radius 1 is 1.46 bits per heavy atom. The summed E-state index contributed by atoms with van der Waals surface area (Å²) in [4.78, 5) is 24.4. The lowest BCUT2D eigenvalue weighted by Gasteiger charge is -2.28. The Morgan fingerprint density at radius 2 is 2.15 bits per heavy atom. The van der Waals surface area contributed by atoms with E-state index in [2.05, 4.69) is 6.58 Å². The van der Waals surface area contributed by atoms with Gasteiger partial charge >= 0.3 is 11.9 Å². The highest BCUT2D eigenvalue weighted by Gasteiger charge is 2.44. The quantitative estimate of drug-likeness (QED) is 0.453. The summed E-state index contributed by atoms with van der Waals surface area (Å²) < 4.78 is 11.1. The Labute approximate surface area is 153 Å². The van der Waals surface area contributed by atoms with Crippen molar-refractivity contribution in [1.29, 1.82) is 0 Å². The number of rotatable bonds is 3. The van der Waals surface area contributed by atoms with Crippen LogP contribution in [-0.4, -0.2) is 47.1 Å². The van der Waals surface area contributed by atoms with E-state index in [1.807, 2.05) is 13.0 Å². The second-order valence-corrected chi connectivity index (χ2v) is 6.85. The monoisotopic (exact) mass is 362 g/mol. The van der Waals surface area contributed by atoms with E-state index in [9.17, 15) is 14.7 Å². The molecule has 0 aromatic rings. The number of aliphatic hydroxyl groups excluding tert-OH is 2. The molecule has 26 heavy (non-hydrogen) atoms. The van der Waals surface area contributed by atoms with Gasteiger partial charge in [-0.2, -0.15) is 0 Å². The van der Waals surface area contributed by atoms with Crippen LogP contribution in [0.25, 0.3) is 0 Å². The first-order valence-corrected chi connectivity index (χ1v) is 8.65. The van der Waals surface area contributed by atoms with Crippen molar-refractivity contribution < 1.29 is 29.3 Å². The van der Waals surface area contributed by atoms with Gasteiger partial charge in [0.2, 0.25) is 0 Å². The van der Waals surface area contributed by atoms with Crippen molar-refractivity contribution in [2.45, 2.75) is 51.9 Å². The molecule has 0 saturated carbocycles. The first-order valence-electron chi connectivity index (χ1n) is 8.65. The molecule has 2 aliphatic rings. The van der Waals surface area contributed by atoms with Crippen LogP contribution in [0.1, 0.15) is 33.6 Å². The maximum atomic E-state index is 12.3. The van der Waals surface area contributed by atoms with Crippen molar-refractivity contribution in [2.24, 2.45) is 5.92 Å². The van der Waals surface area contributed by atoms with Crippen molar-refractivity contribution >= 4 is 11.9 Å². The molecule has 6 nitrogen and oxygen atoms in total. The molecule has 0 bridgehead atoms. The third-order valence-electron chi connectivity index (χ3n) is 4.81. The SMILES string of the molecule is C=C1C(=O)O[C@@H]2/C=C(\C)[C@@H](O)C/C=C(/C)C[C@H](OC(=O)/C(C)=C/CO)[C@@H]12. The van der Waals surface area contributed by atoms with Crippen molar-refractivity contribution in [3.63, 3.8) is 0 Å². The largest absolute Gasteiger partial charge is 0.458 e. The Morgan fingerprint density at radius 3 is 2.81 bits per heavy atom. The van der Waals surface area contributed by atoms with Crippen LogP contribution in [-0.2, 0) is 19.1 Å². The number of carbonyl (C=O) groups is 2. The topological polar surface area (TPSA) is 93.1 Å². The number of hydrogen-bond donors (Lipinski definition) is 2. The van der Waals surface area contributed by atoms with Gasteiger partial charge in [-0.15, -0.1) is 0 Å². The molecule has 2 rings (SSSR count). The van der Waals surface area contributed by atoms with Gasteiger partial charge in [0.25, 0.3) is 0 Å². The first-order chi connectivity index (χ1) is 12.2. The number of carbonyl (C=O) groups excluding carboxylic acids is 2. The Hall–Kier alpha value is -2.18. The van der Waals surface area contributed by atoms with Gasteiger partial charge in [-0.05, 0) is 44.9 Å². The summed E-state index contributed by atoms with van der Waals surface area (Å²) in [6.07, 6.45) is 3.87. The zero-order valence-corrected chi connectivity index (χ0v) is 15.4. The van der Waals surface area contributed by atoms with Crippen LogP contribution in [0.3, 0.4) is 0 Å². The van der Waals surface area contributed by atoms with Crippen LogP contribution in [0.2, 0.25) is 0 Å². The molecule has 6 heteroatoms. The van der Waals surface area contributed by atoms with E-state index in [0.29, 0.717) is 24.0 Å². The molecule has 1 aliphatic heterocycles. The molecule has 1 heterocycles. The zero-order valence-electron chi connectivity index (χ0n) is 15.4. The number of esters is 2. The second kappa shape index (κ2) is 8.47. The summed E-state index contributed by atoms with van der Waals surface area (Å²) in [5, 5.41) is 19.2. The predicted molar refractivity (Wildman–Crippen MR) is 96.0 cm³/mol. The number of ether oxygens (including phenoxy) is 2. The van der Waals surface area contributed by atoms with Crippen molar-refractivity contribution in [3.05, 3.63) is 47.1 Å². The van der Waals surface area contributed by atoms with Crippen molar-refractivity contribution in [3.8, 4) is 0 Å². The summed E-state index contributed by atoms with van der Waals surface area (Å²) in [7, 11) is 0. The van der Waals surface area contributed by atoms with Crippen LogP contribution in [0.4, 0.5) is 0 Å². The molecule has 1 saturated heterocycles. The fraction of sp³-hybridized carbons (Fsp3) is 0.500. The molecule has 2 N–H and O–H groups in total. The Balaban J connectivity index is 2.39. The molecular weight excluding hydrogens is 336 g/mol. The smallest absolute Gasteiger partial charge is 0.334 e. The third kappa shape index (κ3) is 4.51. The van der Waals surface area contributed by atoms with E-state index in [1.165, 1.54) is 6.08 Å². The molecule has 0 aromatic heterocycles. The minimum atomic E-state index is -0.660. The summed E-state index contributed by atoms with van der Waals surface area (Å²) >= 11 is 0. The number of fused-ring (bicyclic) bond motifs is 1. The molecular formula is C20H26O6. The fourth-order valence-electron chi connectivity index (χ4n) is 3.14. The lowest BCUT2D eigenvalue weighted by Crippen LogP contribution is -2.34. The normalized spacial score (nSPS) is 34.1. The van der Waals surface area contributed by atoms with Crippen molar-refractivity contribution in [2.75, 3.05) is 6.61 Å².